The molecule has 2 unspecified atom stereocenters. The predicted octanol–water partition coefficient (Wildman–Crippen LogP) is 2.58. The standard InChI is InChI=1S/C16H31NO4/c1-4-5-9-20-10-11-21-14-7-6-8-16(12-14,15(18)19)17-13(2)3/h13-14,17H,4-12H2,1-3H3,(H,18,19). The molecule has 21 heavy (non-hydrogen) atoms. The number of carbonyl (C=O) groups is 1. The van der Waals surface area contributed by atoms with Crippen molar-refractivity contribution >= 4 is 5.97 Å². The first kappa shape index (κ1) is 18.4. The molecule has 0 saturated heterocycles. The van der Waals surface area contributed by atoms with Gasteiger partial charge in [-0.15, -0.1) is 0 Å². The van der Waals surface area contributed by atoms with Crippen molar-refractivity contribution in [3.63, 3.8) is 0 Å². The highest BCUT2D eigenvalue weighted by Crippen LogP contribution is 2.31. The van der Waals surface area contributed by atoms with Gasteiger partial charge < -0.3 is 14.6 Å². The van der Waals surface area contributed by atoms with Crippen LogP contribution in [0.15, 0.2) is 0 Å². The molecule has 0 heterocycles. The SMILES string of the molecule is CCCCOCCOC1CCCC(NC(C)C)(C(=O)O)C1. The fraction of sp³-hybridized carbons (Fsp3) is 0.938. The molecular formula is C16H31NO4. The fourth-order valence-electron chi connectivity index (χ4n) is 2.93. The molecule has 0 aromatic heterocycles. The highest BCUT2D eigenvalue weighted by molar-refractivity contribution is 5.79. The summed E-state index contributed by atoms with van der Waals surface area (Å²) in [5.41, 5.74) is -0.833. The van der Waals surface area contributed by atoms with Gasteiger partial charge in [0.05, 0.1) is 19.3 Å². The highest BCUT2D eigenvalue weighted by atomic mass is 16.5. The Morgan fingerprint density at radius 2 is 2.14 bits per heavy atom. The topological polar surface area (TPSA) is 67.8 Å². The van der Waals surface area contributed by atoms with Crippen LogP contribution < -0.4 is 5.32 Å². The average molecular weight is 301 g/mol. The van der Waals surface area contributed by atoms with Gasteiger partial charge >= 0.3 is 5.97 Å². The van der Waals surface area contributed by atoms with Crippen LogP contribution in [-0.2, 0) is 14.3 Å². The zero-order valence-corrected chi connectivity index (χ0v) is 13.7. The van der Waals surface area contributed by atoms with Crippen LogP contribution in [0.4, 0.5) is 0 Å². The third-order valence-electron chi connectivity index (χ3n) is 3.90. The van der Waals surface area contributed by atoms with Gasteiger partial charge in [0.25, 0.3) is 0 Å². The minimum absolute atomic E-state index is 0.0101. The van der Waals surface area contributed by atoms with Crippen molar-refractivity contribution in [3.05, 3.63) is 0 Å². The second-order valence-electron chi connectivity index (χ2n) is 6.24. The van der Waals surface area contributed by atoms with E-state index < -0.39 is 11.5 Å². The molecule has 0 bridgehead atoms. The lowest BCUT2D eigenvalue weighted by atomic mass is 9.79. The summed E-state index contributed by atoms with van der Waals surface area (Å²) < 4.78 is 11.3. The molecule has 0 aromatic rings. The molecule has 5 nitrogen and oxygen atoms in total. The van der Waals surface area contributed by atoms with E-state index in [0.29, 0.717) is 26.1 Å². The number of rotatable bonds is 10. The molecule has 2 atom stereocenters. The molecular weight excluding hydrogens is 270 g/mol. The quantitative estimate of drug-likeness (QED) is 0.607. The largest absolute Gasteiger partial charge is 0.480 e. The second-order valence-corrected chi connectivity index (χ2v) is 6.24. The molecule has 0 spiro atoms. The van der Waals surface area contributed by atoms with Gasteiger partial charge in [-0.3, -0.25) is 10.1 Å². The molecule has 2 N–H and O–H groups in total. The van der Waals surface area contributed by atoms with Crippen molar-refractivity contribution in [2.75, 3.05) is 19.8 Å². The predicted molar refractivity (Wildman–Crippen MR) is 82.6 cm³/mol. The van der Waals surface area contributed by atoms with E-state index >= 15 is 0 Å². The third kappa shape index (κ3) is 6.32. The van der Waals surface area contributed by atoms with Gasteiger partial charge in [0.15, 0.2) is 0 Å². The van der Waals surface area contributed by atoms with Crippen LogP contribution in [0.25, 0.3) is 0 Å². The fourth-order valence-corrected chi connectivity index (χ4v) is 2.93. The zero-order valence-electron chi connectivity index (χ0n) is 13.7. The molecule has 1 rings (SSSR count). The number of nitrogens with one attached hydrogen (secondary N) is 1. The molecule has 0 aliphatic heterocycles. The van der Waals surface area contributed by atoms with Gasteiger partial charge in [-0.05, 0) is 39.5 Å². The Morgan fingerprint density at radius 1 is 1.38 bits per heavy atom. The van der Waals surface area contributed by atoms with E-state index in [1.165, 1.54) is 0 Å². The molecule has 0 radical (unpaired) electrons. The maximum absolute atomic E-state index is 11.7. The average Bonchev–Trinajstić information content (AvgIpc) is 2.42. The van der Waals surface area contributed by atoms with E-state index in [-0.39, 0.29) is 12.1 Å². The monoisotopic (exact) mass is 301 g/mol. The molecule has 1 aliphatic rings. The van der Waals surface area contributed by atoms with Crippen molar-refractivity contribution in [1.82, 2.24) is 5.32 Å². The smallest absolute Gasteiger partial charge is 0.324 e. The second kappa shape index (κ2) is 9.38. The van der Waals surface area contributed by atoms with E-state index in [4.69, 9.17) is 9.47 Å². The number of hydrogen-bond donors (Lipinski definition) is 2. The maximum atomic E-state index is 11.7. The number of hydrogen-bond acceptors (Lipinski definition) is 4. The van der Waals surface area contributed by atoms with Gasteiger partial charge in [0, 0.05) is 19.1 Å². The van der Waals surface area contributed by atoms with E-state index in [9.17, 15) is 9.90 Å². The Morgan fingerprint density at radius 3 is 2.76 bits per heavy atom. The first-order chi connectivity index (χ1) is 10.00. The van der Waals surface area contributed by atoms with Crippen LogP contribution in [0.1, 0.15) is 59.3 Å². The number of ether oxygens (including phenoxy) is 2. The van der Waals surface area contributed by atoms with Crippen molar-refractivity contribution in [2.45, 2.75) is 77.0 Å². The van der Waals surface area contributed by atoms with Crippen molar-refractivity contribution in [2.24, 2.45) is 0 Å². The van der Waals surface area contributed by atoms with Gasteiger partial charge in [-0.1, -0.05) is 13.3 Å². The van der Waals surface area contributed by atoms with Crippen LogP contribution in [0.3, 0.4) is 0 Å². The summed E-state index contributed by atoms with van der Waals surface area (Å²) >= 11 is 0. The number of carboxylic acids is 1. The summed E-state index contributed by atoms with van der Waals surface area (Å²) in [7, 11) is 0. The minimum atomic E-state index is -0.833. The van der Waals surface area contributed by atoms with Gasteiger partial charge in [0.2, 0.25) is 0 Å². The highest BCUT2D eigenvalue weighted by Gasteiger charge is 2.43. The molecule has 1 fully saturated rings. The minimum Gasteiger partial charge on any atom is -0.480 e. The van der Waals surface area contributed by atoms with Gasteiger partial charge in [0.1, 0.15) is 5.54 Å². The molecule has 124 valence electrons. The summed E-state index contributed by atoms with van der Waals surface area (Å²) in [5, 5.41) is 12.8. The Bertz CT molecular complexity index is 309. The molecule has 0 amide bonds. The summed E-state index contributed by atoms with van der Waals surface area (Å²) in [6, 6.07) is 0.150. The van der Waals surface area contributed by atoms with E-state index in [2.05, 4.69) is 12.2 Å². The van der Waals surface area contributed by atoms with E-state index in [1.807, 2.05) is 13.8 Å². The summed E-state index contributed by atoms with van der Waals surface area (Å²) in [6.45, 7) is 8.01. The van der Waals surface area contributed by atoms with Crippen molar-refractivity contribution in [1.29, 1.82) is 0 Å². The van der Waals surface area contributed by atoms with Crippen molar-refractivity contribution < 1.29 is 19.4 Å². The van der Waals surface area contributed by atoms with Crippen LogP contribution in [0, 0.1) is 0 Å². The third-order valence-corrected chi connectivity index (χ3v) is 3.90. The van der Waals surface area contributed by atoms with Gasteiger partial charge in [-0.2, -0.15) is 0 Å². The zero-order chi connectivity index (χ0) is 15.7. The van der Waals surface area contributed by atoms with E-state index in [0.717, 1.165) is 32.3 Å². The van der Waals surface area contributed by atoms with Crippen LogP contribution in [-0.4, -0.2) is 48.6 Å². The first-order valence-corrected chi connectivity index (χ1v) is 8.20. The normalized spacial score (nSPS) is 26.2. The number of unbranched alkanes of at least 4 members (excludes halogenated alkanes) is 1. The lowest BCUT2D eigenvalue weighted by Crippen LogP contribution is -2.58. The molecule has 5 heteroatoms. The van der Waals surface area contributed by atoms with Crippen LogP contribution in [0.5, 0.6) is 0 Å². The van der Waals surface area contributed by atoms with Crippen LogP contribution >= 0.6 is 0 Å². The summed E-state index contributed by atoms with van der Waals surface area (Å²) in [4.78, 5) is 11.7. The summed E-state index contributed by atoms with van der Waals surface area (Å²) in [5.74, 6) is -0.760. The lowest BCUT2D eigenvalue weighted by Gasteiger charge is -2.39. The Balaban J connectivity index is 2.37. The molecule has 1 aliphatic carbocycles. The Kier molecular flexibility index (Phi) is 8.22. The van der Waals surface area contributed by atoms with E-state index in [1.54, 1.807) is 0 Å². The van der Waals surface area contributed by atoms with Crippen LogP contribution in [0.2, 0.25) is 0 Å². The number of aliphatic carboxylic acids is 1. The molecule has 1 saturated carbocycles. The van der Waals surface area contributed by atoms with Gasteiger partial charge in [-0.25, -0.2) is 0 Å². The lowest BCUT2D eigenvalue weighted by molar-refractivity contribution is -0.150. The number of carboxylic acid groups (broad SMARTS) is 1. The first-order valence-electron chi connectivity index (χ1n) is 8.20. The van der Waals surface area contributed by atoms with Crippen molar-refractivity contribution in [3.8, 4) is 0 Å². The Labute approximate surface area is 128 Å². The Hall–Kier alpha value is -0.650. The molecule has 0 aromatic carbocycles. The maximum Gasteiger partial charge on any atom is 0.324 e. The summed E-state index contributed by atoms with van der Waals surface area (Å²) in [6.07, 6.45) is 5.24.